The molecule has 0 bridgehead atoms. The number of amides is 6. The maximum absolute atomic E-state index is 14.9. The molecule has 4 aromatic rings. The Hall–Kier alpha value is -5.88. The number of halogens is 6. The number of likely N-dealkylation sites (N-methyl/N-ethyl adjacent to an activating group) is 1. The molecule has 0 aromatic heterocycles. The predicted molar refractivity (Wildman–Crippen MR) is 305 cm³/mol. The molecule has 2 saturated heterocycles. The van der Waals surface area contributed by atoms with Gasteiger partial charge in [-0.1, -0.05) is 36.4 Å². The molecule has 6 amide bonds. The molecule has 436 valence electrons. The zero-order valence-corrected chi connectivity index (χ0v) is 48.2. The van der Waals surface area contributed by atoms with Gasteiger partial charge in [-0.3, -0.25) is 38.6 Å². The Morgan fingerprint density at radius 2 is 1.59 bits per heavy atom. The maximum atomic E-state index is 14.9. The van der Waals surface area contributed by atoms with Gasteiger partial charge in [-0.2, -0.15) is 0 Å². The van der Waals surface area contributed by atoms with Gasteiger partial charge in [0.15, 0.2) is 0 Å². The minimum atomic E-state index is -1.50. The minimum Gasteiger partial charge on any atom is -0.379 e. The molecule has 6 N–H and O–H groups in total. The normalized spacial score (nSPS) is 21.7. The van der Waals surface area contributed by atoms with E-state index >= 15 is 0 Å². The first kappa shape index (κ1) is 64.9. The number of benzene rings is 4. The zero-order valence-electron chi connectivity index (χ0n) is 45.7. The summed E-state index contributed by atoms with van der Waals surface area (Å²) in [6.07, 6.45) is -0.433. The number of rotatable bonds is 18. The zero-order chi connectivity index (χ0) is 55.3. The van der Waals surface area contributed by atoms with E-state index in [4.69, 9.17) is 9.47 Å². The fourth-order valence-corrected chi connectivity index (χ4v) is 10.6. The number of para-hydroxylation sites is 1. The first-order valence-electron chi connectivity index (χ1n) is 26.0. The number of ether oxygens (including phenoxy) is 2. The van der Waals surface area contributed by atoms with Crippen LogP contribution in [0.3, 0.4) is 0 Å². The molecule has 24 heteroatoms. The summed E-state index contributed by atoms with van der Waals surface area (Å²) in [6, 6.07) is 16.4. The van der Waals surface area contributed by atoms with Gasteiger partial charge in [-0.05, 0) is 118 Å². The number of carbonyl (C=O) groups is 6. The summed E-state index contributed by atoms with van der Waals surface area (Å²) in [7, 11) is 2.93. The third kappa shape index (κ3) is 14.6. The third-order valence-corrected chi connectivity index (χ3v) is 15.3. The Kier molecular flexibility index (Phi) is 22.9. The van der Waals surface area contributed by atoms with Crippen molar-refractivity contribution in [3.8, 4) is 0 Å². The van der Waals surface area contributed by atoms with E-state index in [1.54, 1.807) is 57.0 Å². The number of piperazine rings is 1. The average molecular weight is 1180 g/mol. The van der Waals surface area contributed by atoms with Gasteiger partial charge in [-0.25, -0.2) is 13.2 Å². The fraction of sp³-hybridized carbons (Fsp3) is 0.464. The quantitative estimate of drug-likeness (QED) is 0.0792. The molecule has 4 heterocycles. The van der Waals surface area contributed by atoms with Crippen LogP contribution in [-0.2, 0) is 56.6 Å². The van der Waals surface area contributed by atoms with E-state index in [1.807, 2.05) is 18.2 Å². The number of hydrogen-bond donors (Lipinski definition) is 6. The molecular weight excluding hydrogens is 1100 g/mol. The molecule has 8 rings (SSSR count). The van der Waals surface area contributed by atoms with E-state index in [-0.39, 0.29) is 98.0 Å². The van der Waals surface area contributed by atoms with Gasteiger partial charge in [0, 0.05) is 75.9 Å². The van der Waals surface area contributed by atoms with E-state index in [0.29, 0.717) is 49.5 Å². The topological polar surface area (TPSA) is 206 Å². The van der Waals surface area contributed by atoms with Crippen LogP contribution in [0.4, 0.5) is 30.2 Å². The van der Waals surface area contributed by atoms with Crippen LogP contribution in [0.1, 0.15) is 68.5 Å². The summed E-state index contributed by atoms with van der Waals surface area (Å²) < 4.78 is 54.9. The number of morpholine rings is 1. The second-order valence-electron chi connectivity index (χ2n) is 20.8. The van der Waals surface area contributed by atoms with E-state index in [9.17, 15) is 41.9 Å². The summed E-state index contributed by atoms with van der Waals surface area (Å²) in [4.78, 5) is 92.3. The highest BCUT2D eigenvalue weighted by Crippen LogP contribution is 2.43. The molecule has 80 heavy (non-hydrogen) atoms. The van der Waals surface area contributed by atoms with Crippen LogP contribution in [0, 0.1) is 17.5 Å². The van der Waals surface area contributed by atoms with Gasteiger partial charge < -0.3 is 51.2 Å². The molecule has 0 saturated carbocycles. The Morgan fingerprint density at radius 3 is 2.26 bits per heavy atom. The van der Waals surface area contributed by atoms with Gasteiger partial charge in [0.25, 0.3) is 5.91 Å². The van der Waals surface area contributed by atoms with Gasteiger partial charge in [-0.15, -0.1) is 37.2 Å². The monoisotopic (exact) mass is 1170 g/mol. The lowest BCUT2D eigenvalue weighted by Crippen LogP contribution is -2.62. The SMILES string of the molecule is CN[C@@H](C)C(=O)N[C@H](C(=O)N1Cc2ccc(NC(=O)CNC(=O)[C@]3(C)CN(C(=O)CN4C[C@@H](C)NC[C@@H]4CN4CCOC[C@H]4C)c4cc(Cc5ccc(F)cc5)ccc43)cc2[C@H]1C(=O)Nc1c(F)cccc1F)[C@@H](C)OC.Cl.Cl.Cl. The predicted octanol–water partition coefficient (Wildman–Crippen LogP) is 4.85. The Bertz CT molecular complexity index is 2860. The van der Waals surface area contributed by atoms with Crippen LogP contribution in [0.15, 0.2) is 78.9 Å². The second-order valence-corrected chi connectivity index (χ2v) is 20.8. The molecule has 4 aliphatic rings. The molecule has 18 nitrogen and oxygen atoms in total. The molecular formula is C56H72Cl3F3N10O8. The number of anilines is 3. The van der Waals surface area contributed by atoms with Crippen molar-refractivity contribution in [3.63, 3.8) is 0 Å². The van der Waals surface area contributed by atoms with Crippen molar-refractivity contribution in [1.29, 1.82) is 0 Å². The first-order valence-corrected chi connectivity index (χ1v) is 26.0. The molecule has 4 aromatic carbocycles. The number of fused-ring (bicyclic) bond motifs is 2. The molecule has 0 radical (unpaired) electrons. The third-order valence-electron chi connectivity index (χ3n) is 15.3. The lowest BCUT2D eigenvalue weighted by molar-refractivity contribution is -0.145. The van der Waals surface area contributed by atoms with E-state index in [1.165, 1.54) is 30.2 Å². The van der Waals surface area contributed by atoms with Gasteiger partial charge in [0.1, 0.15) is 35.2 Å². The number of methoxy groups -OCH3 is 1. The average Bonchev–Trinajstić information content (AvgIpc) is 4.06. The van der Waals surface area contributed by atoms with Gasteiger partial charge >= 0.3 is 0 Å². The standard InChI is InChI=1S/C56H69F3N10O8.3ClH/c1-32-26-67(41(24-61-32)28-66-19-20-77-30-33(66)2)29-48(71)69-31-56(5,43-18-13-37(22-46(43)69)21-36-11-15-39(57)16-12-36)55(75)62-25-47(70)63-40-17-14-38-27-68(54(74)49(35(4)76-7)64-52(72)34(3)60-6)51(42(38)23-40)53(73)65-50-44(58)9-8-10-45(50)59;;;/h8-18,22-23,32-35,41,49,51,60-61H,19-21,24-31H2,1-7H3,(H,62,75)(H,63,70)(H,64,72)(H,65,73);3*1H/t32-,33-,34+,35-,41-,49+,51+,56-;;;/m1.../s1. The summed E-state index contributed by atoms with van der Waals surface area (Å²) >= 11 is 0. The second kappa shape index (κ2) is 28.2. The van der Waals surface area contributed by atoms with Crippen LogP contribution in [-0.4, -0.2) is 160 Å². The van der Waals surface area contributed by atoms with Crippen LogP contribution >= 0.6 is 37.2 Å². The van der Waals surface area contributed by atoms with Crippen LogP contribution in [0.5, 0.6) is 0 Å². The van der Waals surface area contributed by atoms with E-state index in [0.717, 1.165) is 42.4 Å². The first-order chi connectivity index (χ1) is 36.8. The number of nitrogens with one attached hydrogen (secondary N) is 6. The Labute approximate surface area is 483 Å². The minimum absolute atomic E-state index is 0. The van der Waals surface area contributed by atoms with Crippen molar-refractivity contribution >= 4 is 89.7 Å². The summed E-state index contributed by atoms with van der Waals surface area (Å²) in [5.74, 6) is -6.02. The van der Waals surface area contributed by atoms with Crippen molar-refractivity contribution in [3.05, 3.63) is 124 Å². The van der Waals surface area contributed by atoms with Crippen molar-refractivity contribution in [2.24, 2.45) is 0 Å². The van der Waals surface area contributed by atoms with Crippen molar-refractivity contribution in [2.45, 2.75) is 95.4 Å². The maximum Gasteiger partial charge on any atom is 0.252 e. The van der Waals surface area contributed by atoms with E-state index < -0.39 is 83.0 Å². The molecule has 0 spiro atoms. The highest BCUT2D eigenvalue weighted by molar-refractivity contribution is 6.05. The molecule has 0 aliphatic carbocycles. The lowest BCUT2D eigenvalue weighted by Gasteiger charge is -2.43. The highest BCUT2D eigenvalue weighted by Gasteiger charge is 2.48. The molecule has 8 atom stereocenters. The lowest BCUT2D eigenvalue weighted by atomic mass is 9.83. The summed E-state index contributed by atoms with van der Waals surface area (Å²) in [5.41, 5.74) is 1.71. The van der Waals surface area contributed by atoms with Crippen molar-refractivity contribution < 1.29 is 51.4 Å². The molecule has 0 unspecified atom stereocenters. The van der Waals surface area contributed by atoms with Gasteiger partial charge in [0.2, 0.25) is 29.5 Å². The summed E-state index contributed by atoms with van der Waals surface area (Å²) in [6.45, 7) is 12.7. The fourth-order valence-electron chi connectivity index (χ4n) is 10.6. The number of hydrogen-bond acceptors (Lipinski definition) is 12. The van der Waals surface area contributed by atoms with Crippen molar-refractivity contribution in [1.82, 2.24) is 36.0 Å². The van der Waals surface area contributed by atoms with Crippen LogP contribution in [0.25, 0.3) is 0 Å². The van der Waals surface area contributed by atoms with Crippen LogP contribution < -0.4 is 36.8 Å². The van der Waals surface area contributed by atoms with Crippen molar-refractivity contribution in [2.75, 3.05) is 88.7 Å². The summed E-state index contributed by atoms with van der Waals surface area (Å²) in [5, 5.41) is 16.9. The Morgan fingerprint density at radius 1 is 0.887 bits per heavy atom. The smallest absolute Gasteiger partial charge is 0.252 e. The number of nitrogens with zero attached hydrogens (tertiary/aromatic N) is 4. The van der Waals surface area contributed by atoms with Crippen LogP contribution in [0.2, 0.25) is 0 Å². The molecule has 4 aliphatic heterocycles. The highest BCUT2D eigenvalue weighted by atomic mass is 35.5. The van der Waals surface area contributed by atoms with E-state index in [2.05, 4.69) is 55.5 Å². The van der Waals surface area contributed by atoms with Gasteiger partial charge in [0.05, 0.1) is 43.9 Å². The molecule has 2 fully saturated rings. The number of carbonyl (C=O) groups excluding carboxylic acids is 6. The largest absolute Gasteiger partial charge is 0.379 e. The Balaban J connectivity index is 0.00000392.